The van der Waals surface area contributed by atoms with Gasteiger partial charge in [-0.1, -0.05) is 6.92 Å². The SMILES string of the molecule is CC(CN)CCS. The number of hydrogen-bond donors (Lipinski definition) is 2. The summed E-state index contributed by atoms with van der Waals surface area (Å²) in [6.45, 7) is 2.93. The van der Waals surface area contributed by atoms with Crippen LogP contribution >= 0.6 is 12.6 Å². The lowest BCUT2D eigenvalue weighted by Gasteiger charge is -2.02. The second-order valence-corrected chi connectivity index (χ2v) is 2.30. The zero-order valence-electron chi connectivity index (χ0n) is 4.72. The van der Waals surface area contributed by atoms with Gasteiger partial charge in [0.05, 0.1) is 0 Å². The van der Waals surface area contributed by atoms with Gasteiger partial charge in [-0.2, -0.15) is 12.6 Å². The molecule has 1 unspecified atom stereocenters. The van der Waals surface area contributed by atoms with Gasteiger partial charge in [-0.3, -0.25) is 0 Å². The zero-order valence-corrected chi connectivity index (χ0v) is 5.62. The van der Waals surface area contributed by atoms with Crippen molar-refractivity contribution in [3.05, 3.63) is 0 Å². The summed E-state index contributed by atoms with van der Waals surface area (Å²) in [4.78, 5) is 0. The van der Waals surface area contributed by atoms with Gasteiger partial charge in [0.1, 0.15) is 0 Å². The molecule has 44 valence electrons. The molecule has 0 aliphatic rings. The normalized spacial score (nSPS) is 14.1. The third kappa shape index (κ3) is 4.16. The van der Waals surface area contributed by atoms with Crippen LogP contribution in [-0.2, 0) is 0 Å². The number of hydrogen-bond acceptors (Lipinski definition) is 2. The summed E-state index contributed by atoms with van der Waals surface area (Å²) in [5.41, 5.74) is 5.32. The van der Waals surface area contributed by atoms with Crippen LogP contribution in [0.2, 0.25) is 0 Å². The first kappa shape index (κ1) is 7.31. The van der Waals surface area contributed by atoms with Crippen LogP contribution in [0, 0.1) is 5.92 Å². The lowest BCUT2D eigenvalue weighted by Crippen LogP contribution is -2.10. The average Bonchev–Trinajstić information content (AvgIpc) is 1.68. The summed E-state index contributed by atoms with van der Waals surface area (Å²) in [5, 5.41) is 0. The van der Waals surface area contributed by atoms with Gasteiger partial charge in [0, 0.05) is 0 Å². The first-order valence-corrected chi connectivity index (χ1v) is 3.25. The van der Waals surface area contributed by atoms with Crippen LogP contribution in [0.5, 0.6) is 0 Å². The Morgan fingerprint density at radius 2 is 2.29 bits per heavy atom. The summed E-state index contributed by atoms with van der Waals surface area (Å²) in [6.07, 6.45) is 1.14. The molecule has 0 heterocycles. The molecule has 0 amide bonds. The lowest BCUT2D eigenvalue weighted by molar-refractivity contribution is 0.581. The Morgan fingerprint density at radius 1 is 1.71 bits per heavy atom. The molecule has 0 aromatic carbocycles. The van der Waals surface area contributed by atoms with Gasteiger partial charge < -0.3 is 5.73 Å². The molecule has 0 spiro atoms. The van der Waals surface area contributed by atoms with E-state index < -0.39 is 0 Å². The van der Waals surface area contributed by atoms with Crippen LogP contribution in [-0.4, -0.2) is 12.3 Å². The highest BCUT2D eigenvalue weighted by molar-refractivity contribution is 7.80. The molecule has 0 fully saturated rings. The molecule has 2 heteroatoms. The molecule has 1 nitrogen and oxygen atoms in total. The van der Waals surface area contributed by atoms with Crippen molar-refractivity contribution in [2.75, 3.05) is 12.3 Å². The fourth-order valence-electron chi connectivity index (χ4n) is 0.338. The maximum atomic E-state index is 5.32. The van der Waals surface area contributed by atoms with Crippen molar-refractivity contribution in [2.45, 2.75) is 13.3 Å². The molecule has 0 rings (SSSR count). The summed E-state index contributed by atoms with van der Waals surface area (Å²) in [5.74, 6) is 1.61. The van der Waals surface area contributed by atoms with Crippen molar-refractivity contribution in [1.82, 2.24) is 0 Å². The highest BCUT2D eigenvalue weighted by Crippen LogP contribution is 1.98. The zero-order chi connectivity index (χ0) is 5.70. The molecule has 7 heavy (non-hydrogen) atoms. The molecule has 0 bridgehead atoms. The molecule has 0 saturated heterocycles. The highest BCUT2D eigenvalue weighted by Gasteiger charge is 1.93. The Hall–Kier alpha value is 0.310. The summed E-state index contributed by atoms with van der Waals surface area (Å²) < 4.78 is 0. The van der Waals surface area contributed by atoms with Crippen LogP contribution in [0.15, 0.2) is 0 Å². The Morgan fingerprint density at radius 3 is 2.43 bits per heavy atom. The topological polar surface area (TPSA) is 26.0 Å². The molecule has 1 atom stereocenters. The molecule has 0 saturated carbocycles. The summed E-state index contributed by atoms with van der Waals surface area (Å²) >= 11 is 4.06. The Bertz CT molecular complexity index is 39.1. The van der Waals surface area contributed by atoms with Gasteiger partial charge in [0.15, 0.2) is 0 Å². The summed E-state index contributed by atoms with van der Waals surface area (Å²) in [7, 11) is 0. The van der Waals surface area contributed by atoms with Gasteiger partial charge in [0.2, 0.25) is 0 Å². The van der Waals surface area contributed by atoms with E-state index in [9.17, 15) is 0 Å². The van der Waals surface area contributed by atoms with Crippen LogP contribution in [0.25, 0.3) is 0 Å². The van der Waals surface area contributed by atoms with Gasteiger partial charge in [-0.25, -0.2) is 0 Å². The fourth-order valence-corrected chi connectivity index (χ4v) is 0.779. The smallest absolute Gasteiger partial charge is 0.00512 e. The van der Waals surface area contributed by atoms with Gasteiger partial charge in [0.25, 0.3) is 0 Å². The Kier molecular flexibility index (Phi) is 4.67. The standard InChI is InChI=1S/C5H13NS/c1-5(4-6)2-3-7/h5,7H,2-4,6H2,1H3. The fraction of sp³-hybridized carbons (Fsp3) is 1.00. The second-order valence-electron chi connectivity index (χ2n) is 1.85. The molecular formula is C5H13NS. The van der Waals surface area contributed by atoms with Crippen molar-refractivity contribution < 1.29 is 0 Å². The molecular weight excluding hydrogens is 106 g/mol. The quantitative estimate of drug-likeness (QED) is 0.530. The van der Waals surface area contributed by atoms with Crippen LogP contribution in [0.1, 0.15) is 13.3 Å². The van der Waals surface area contributed by atoms with Crippen molar-refractivity contribution >= 4 is 12.6 Å². The average molecular weight is 119 g/mol. The van der Waals surface area contributed by atoms with E-state index in [4.69, 9.17) is 5.73 Å². The van der Waals surface area contributed by atoms with Crippen molar-refractivity contribution in [1.29, 1.82) is 0 Å². The van der Waals surface area contributed by atoms with Crippen molar-refractivity contribution in [3.63, 3.8) is 0 Å². The predicted molar refractivity (Wildman–Crippen MR) is 36.7 cm³/mol. The minimum absolute atomic E-state index is 0.650. The van der Waals surface area contributed by atoms with Gasteiger partial charge in [-0.05, 0) is 24.6 Å². The minimum atomic E-state index is 0.650. The Balaban J connectivity index is 2.83. The minimum Gasteiger partial charge on any atom is -0.330 e. The van der Waals surface area contributed by atoms with E-state index in [1.165, 1.54) is 0 Å². The van der Waals surface area contributed by atoms with E-state index in [0.29, 0.717) is 5.92 Å². The molecule has 0 radical (unpaired) electrons. The second kappa shape index (κ2) is 4.47. The first-order valence-electron chi connectivity index (χ1n) is 2.62. The van der Waals surface area contributed by atoms with Crippen LogP contribution < -0.4 is 5.73 Å². The monoisotopic (exact) mass is 119 g/mol. The third-order valence-corrected chi connectivity index (χ3v) is 1.28. The van der Waals surface area contributed by atoms with Crippen LogP contribution in [0.4, 0.5) is 0 Å². The maximum Gasteiger partial charge on any atom is -0.00512 e. The van der Waals surface area contributed by atoms with E-state index in [-0.39, 0.29) is 0 Å². The van der Waals surface area contributed by atoms with Crippen molar-refractivity contribution in [3.8, 4) is 0 Å². The lowest BCUT2D eigenvalue weighted by atomic mass is 10.1. The van der Waals surface area contributed by atoms with E-state index in [1.807, 2.05) is 0 Å². The number of nitrogens with two attached hydrogens (primary N) is 1. The molecule has 0 aliphatic carbocycles. The molecule has 0 aromatic rings. The van der Waals surface area contributed by atoms with E-state index in [2.05, 4.69) is 19.6 Å². The third-order valence-electron chi connectivity index (χ3n) is 1.02. The highest BCUT2D eigenvalue weighted by atomic mass is 32.1. The van der Waals surface area contributed by atoms with Gasteiger partial charge in [-0.15, -0.1) is 0 Å². The van der Waals surface area contributed by atoms with E-state index >= 15 is 0 Å². The molecule has 2 N–H and O–H groups in total. The predicted octanol–water partition coefficient (Wildman–Crippen LogP) is 0.901. The summed E-state index contributed by atoms with van der Waals surface area (Å²) in [6, 6.07) is 0. The maximum absolute atomic E-state index is 5.32. The molecule has 0 aliphatic heterocycles. The number of rotatable bonds is 3. The van der Waals surface area contributed by atoms with Crippen LogP contribution in [0.3, 0.4) is 0 Å². The largest absolute Gasteiger partial charge is 0.330 e. The van der Waals surface area contributed by atoms with E-state index in [1.54, 1.807) is 0 Å². The Labute approximate surface area is 50.7 Å². The van der Waals surface area contributed by atoms with Gasteiger partial charge >= 0.3 is 0 Å². The van der Waals surface area contributed by atoms with E-state index in [0.717, 1.165) is 18.7 Å². The first-order chi connectivity index (χ1) is 3.31. The molecule has 0 aromatic heterocycles. The van der Waals surface area contributed by atoms with Crippen molar-refractivity contribution in [2.24, 2.45) is 11.7 Å². The number of thiol groups is 1.